The van der Waals surface area contributed by atoms with E-state index in [0.717, 1.165) is 23.3 Å². The summed E-state index contributed by atoms with van der Waals surface area (Å²) in [6, 6.07) is 4.79. The standard InChI is InChI=1S/C14H17ClFNS2/c1-10-4-6-17(7-5-10)14(18)19-9-11-2-3-12(15)8-13(11)16/h2-3,8,10H,4-7,9H2,1H3. The predicted molar refractivity (Wildman–Crippen MR) is 85.3 cm³/mol. The van der Waals surface area contributed by atoms with Gasteiger partial charge in [-0.15, -0.1) is 0 Å². The highest BCUT2D eigenvalue weighted by molar-refractivity contribution is 8.22. The molecule has 1 nitrogen and oxygen atoms in total. The van der Waals surface area contributed by atoms with E-state index in [4.69, 9.17) is 23.8 Å². The van der Waals surface area contributed by atoms with Gasteiger partial charge in [-0.1, -0.05) is 48.6 Å². The highest BCUT2D eigenvalue weighted by atomic mass is 35.5. The van der Waals surface area contributed by atoms with Crippen molar-refractivity contribution in [2.45, 2.75) is 25.5 Å². The highest BCUT2D eigenvalue weighted by Gasteiger charge is 2.18. The second-order valence-corrected chi connectivity index (χ2v) is 7.01. The molecular formula is C14H17ClFNS2. The van der Waals surface area contributed by atoms with Crippen LogP contribution in [0.1, 0.15) is 25.3 Å². The number of rotatable bonds is 2. The van der Waals surface area contributed by atoms with Crippen LogP contribution in [-0.2, 0) is 5.75 Å². The quantitative estimate of drug-likeness (QED) is 0.726. The Hall–Kier alpha value is -0.320. The van der Waals surface area contributed by atoms with Gasteiger partial charge < -0.3 is 4.90 Å². The van der Waals surface area contributed by atoms with E-state index in [9.17, 15) is 4.39 Å². The summed E-state index contributed by atoms with van der Waals surface area (Å²) in [6.07, 6.45) is 2.38. The molecule has 0 unspecified atom stereocenters. The van der Waals surface area contributed by atoms with Gasteiger partial charge in [0.25, 0.3) is 0 Å². The summed E-state index contributed by atoms with van der Waals surface area (Å²) in [5.74, 6) is 1.10. The lowest BCUT2D eigenvalue weighted by Gasteiger charge is -2.31. The summed E-state index contributed by atoms with van der Waals surface area (Å²) in [7, 11) is 0. The molecule has 0 aromatic heterocycles. The van der Waals surface area contributed by atoms with Crippen molar-refractivity contribution >= 4 is 39.9 Å². The van der Waals surface area contributed by atoms with Crippen LogP contribution in [0, 0.1) is 11.7 Å². The fourth-order valence-electron chi connectivity index (χ4n) is 2.06. The molecule has 0 atom stereocenters. The van der Waals surface area contributed by atoms with E-state index >= 15 is 0 Å². The lowest BCUT2D eigenvalue weighted by atomic mass is 10.00. The Morgan fingerprint density at radius 3 is 2.79 bits per heavy atom. The number of likely N-dealkylation sites (tertiary alicyclic amines) is 1. The van der Waals surface area contributed by atoms with Crippen LogP contribution < -0.4 is 0 Å². The Kier molecular flexibility index (Phi) is 5.48. The Morgan fingerprint density at radius 1 is 1.47 bits per heavy atom. The highest BCUT2D eigenvalue weighted by Crippen LogP contribution is 2.24. The van der Waals surface area contributed by atoms with Gasteiger partial charge in [0.1, 0.15) is 10.1 Å². The summed E-state index contributed by atoms with van der Waals surface area (Å²) in [5, 5.41) is 0.429. The topological polar surface area (TPSA) is 3.24 Å². The molecule has 0 spiro atoms. The number of halogens is 2. The molecule has 2 rings (SSSR count). The van der Waals surface area contributed by atoms with Crippen molar-refractivity contribution < 1.29 is 4.39 Å². The van der Waals surface area contributed by atoms with Gasteiger partial charge >= 0.3 is 0 Å². The molecule has 104 valence electrons. The second kappa shape index (κ2) is 6.91. The van der Waals surface area contributed by atoms with Crippen LogP contribution in [-0.4, -0.2) is 22.3 Å². The summed E-state index contributed by atoms with van der Waals surface area (Å²) in [6.45, 7) is 4.32. The molecule has 1 aromatic rings. The van der Waals surface area contributed by atoms with Crippen molar-refractivity contribution in [1.29, 1.82) is 0 Å². The minimum atomic E-state index is -0.255. The molecule has 5 heteroatoms. The maximum absolute atomic E-state index is 13.6. The van der Waals surface area contributed by atoms with Crippen molar-refractivity contribution in [3.05, 3.63) is 34.6 Å². The lowest BCUT2D eigenvalue weighted by molar-refractivity contribution is 0.287. The SMILES string of the molecule is CC1CCN(C(=S)SCc2ccc(Cl)cc2F)CC1. The molecule has 0 aliphatic carbocycles. The normalized spacial score (nSPS) is 16.7. The average Bonchev–Trinajstić information content (AvgIpc) is 2.38. The van der Waals surface area contributed by atoms with E-state index in [2.05, 4.69) is 11.8 Å². The third-order valence-corrected chi connectivity index (χ3v) is 5.22. The molecule has 0 N–H and O–H groups in total. The number of thiocarbonyl (C=S) groups is 1. The molecule has 19 heavy (non-hydrogen) atoms. The zero-order valence-electron chi connectivity index (χ0n) is 10.9. The molecule has 0 amide bonds. The first-order chi connectivity index (χ1) is 9.06. The fraction of sp³-hybridized carbons (Fsp3) is 0.500. The second-order valence-electron chi connectivity index (χ2n) is 4.96. The van der Waals surface area contributed by atoms with Gasteiger partial charge in [0.2, 0.25) is 0 Å². The van der Waals surface area contributed by atoms with Crippen LogP contribution in [0.15, 0.2) is 18.2 Å². The lowest BCUT2D eigenvalue weighted by Crippen LogP contribution is -2.35. The zero-order valence-corrected chi connectivity index (χ0v) is 13.3. The molecule has 1 heterocycles. The number of piperidine rings is 1. The molecular weight excluding hydrogens is 301 g/mol. The van der Waals surface area contributed by atoms with E-state index < -0.39 is 0 Å². The van der Waals surface area contributed by atoms with E-state index in [1.165, 1.54) is 30.7 Å². The summed E-state index contributed by atoms with van der Waals surface area (Å²) in [4.78, 5) is 2.23. The predicted octanol–water partition coefficient (Wildman–Crippen LogP) is 4.73. The van der Waals surface area contributed by atoms with Crippen molar-refractivity contribution in [3.8, 4) is 0 Å². The van der Waals surface area contributed by atoms with Gasteiger partial charge in [-0.05, 0) is 36.5 Å². The van der Waals surface area contributed by atoms with E-state index in [1.807, 2.05) is 0 Å². The Balaban J connectivity index is 1.86. The van der Waals surface area contributed by atoms with Gasteiger partial charge in [0, 0.05) is 23.9 Å². The Morgan fingerprint density at radius 2 is 2.16 bits per heavy atom. The number of hydrogen-bond acceptors (Lipinski definition) is 2. The van der Waals surface area contributed by atoms with Crippen LogP contribution >= 0.6 is 35.6 Å². The molecule has 0 bridgehead atoms. The smallest absolute Gasteiger partial charge is 0.136 e. The summed E-state index contributed by atoms with van der Waals surface area (Å²) < 4.78 is 14.5. The third kappa shape index (κ3) is 4.33. The maximum atomic E-state index is 13.6. The largest absolute Gasteiger partial charge is 0.357 e. The van der Waals surface area contributed by atoms with E-state index in [-0.39, 0.29) is 5.82 Å². The zero-order chi connectivity index (χ0) is 13.8. The van der Waals surface area contributed by atoms with Gasteiger partial charge in [-0.25, -0.2) is 4.39 Å². The number of benzene rings is 1. The van der Waals surface area contributed by atoms with E-state index in [1.54, 1.807) is 12.1 Å². The van der Waals surface area contributed by atoms with Crippen LogP contribution in [0.3, 0.4) is 0 Å². The van der Waals surface area contributed by atoms with Crippen molar-refractivity contribution in [3.63, 3.8) is 0 Å². The van der Waals surface area contributed by atoms with Gasteiger partial charge in [0.05, 0.1) is 0 Å². The third-order valence-electron chi connectivity index (χ3n) is 3.41. The van der Waals surface area contributed by atoms with Crippen LogP contribution in [0.25, 0.3) is 0 Å². The molecule has 0 saturated carbocycles. The molecule has 1 saturated heterocycles. The van der Waals surface area contributed by atoms with Gasteiger partial charge in [-0.2, -0.15) is 0 Å². The van der Waals surface area contributed by atoms with Crippen LogP contribution in [0.5, 0.6) is 0 Å². The molecule has 1 aromatic carbocycles. The maximum Gasteiger partial charge on any atom is 0.136 e. The number of hydrogen-bond donors (Lipinski definition) is 0. The average molecular weight is 318 g/mol. The van der Waals surface area contributed by atoms with Crippen molar-refractivity contribution in [1.82, 2.24) is 4.90 Å². The molecule has 1 aliphatic heterocycles. The van der Waals surface area contributed by atoms with Crippen LogP contribution in [0.2, 0.25) is 5.02 Å². The minimum Gasteiger partial charge on any atom is -0.357 e. The molecule has 0 radical (unpaired) electrons. The molecule has 1 aliphatic rings. The first-order valence-corrected chi connectivity index (χ1v) is 8.19. The van der Waals surface area contributed by atoms with Crippen molar-refractivity contribution in [2.75, 3.05) is 13.1 Å². The Bertz CT molecular complexity index is 459. The number of nitrogens with zero attached hydrogens (tertiary/aromatic N) is 1. The fourth-order valence-corrected chi connectivity index (χ4v) is 3.46. The minimum absolute atomic E-state index is 0.255. The van der Waals surface area contributed by atoms with Crippen molar-refractivity contribution in [2.24, 2.45) is 5.92 Å². The summed E-state index contributed by atoms with van der Waals surface area (Å²) >= 11 is 12.7. The summed E-state index contributed by atoms with van der Waals surface area (Å²) in [5.41, 5.74) is 0.655. The van der Waals surface area contributed by atoms with Gasteiger partial charge in [-0.3, -0.25) is 0 Å². The monoisotopic (exact) mass is 317 g/mol. The van der Waals surface area contributed by atoms with Crippen LogP contribution in [0.4, 0.5) is 4.39 Å². The van der Waals surface area contributed by atoms with Gasteiger partial charge in [0.15, 0.2) is 0 Å². The first-order valence-electron chi connectivity index (χ1n) is 6.42. The number of thioether (sulfide) groups is 1. The molecule has 1 fully saturated rings. The first kappa shape index (κ1) is 15.1. The Labute approximate surface area is 128 Å². The van der Waals surface area contributed by atoms with E-state index in [0.29, 0.717) is 16.3 Å².